The van der Waals surface area contributed by atoms with E-state index in [1.807, 2.05) is 0 Å². The Morgan fingerprint density at radius 2 is 1.88 bits per heavy atom. The standard InChI is InChI=1S/C9H22O6Si2/c1-12-16(3,10)4-5-17(11,13-2)8-14-6-9-7-15-9/h9-11H,4-8H2,1-3H3. The molecule has 0 aromatic rings. The van der Waals surface area contributed by atoms with E-state index < -0.39 is 17.1 Å². The van der Waals surface area contributed by atoms with Gasteiger partial charge in [0.05, 0.1) is 19.4 Å². The summed E-state index contributed by atoms with van der Waals surface area (Å²) < 4.78 is 20.6. The van der Waals surface area contributed by atoms with Gasteiger partial charge in [-0.05, 0) is 18.6 Å². The zero-order valence-electron chi connectivity index (χ0n) is 10.6. The fourth-order valence-corrected chi connectivity index (χ4v) is 5.80. The second-order valence-electron chi connectivity index (χ2n) is 4.50. The molecule has 1 saturated heterocycles. The van der Waals surface area contributed by atoms with Crippen molar-refractivity contribution in [2.45, 2.75) is 24.7 Å². The molecule has 3 atom stereocenters. The van der Waals surface area contributed by atoms with Gasteiger partial charge in [0, 0.05) is 14.2 Å². The molecule has 6 nitrogen and oxygen atoms in total. The van der Waals surface area contributed by atoms with Crippen molar-refractivity contribution in [1.29, 1.82) is 0 Å². The van der Waals surface area contributed by atoms with Crippen LogP contribution in [-0.2, 0) is 18.3 Å². The molecule has 0 amide bonds. The number of epoxide rings is 1. The fraction of sp³-hybridized carbons (Fsp3) is 1.00. The molecule has 1 aliphatic rings. The zero-order valence-corrected chi connectivity index (χ0v) is 12.6. The van der Waals surface area contributed by atoms with Gasteiger partial charge in [-0.25, -0.2) is 0 Å². The Morgan fingerprint density at radius 1 is 1.24 bits per heavy atom. The number of hydrogen-bond acceptors (Lipinski definition) is 6. The maximum absolute atomic E-state index is 10.2. The van der Waals surface area contributed by atoms with Gasteiger partial charge in [0.15, 0.2) is 0 Å². The van der Waals surface area contributed by atoms with Crippen molar-refractivity contribution >= 4 is 17.1 Å². The van der Waals surface area contributed by atoms with Crippen LogP contribution < -0.4 is 0 Å². The monoisotopic (exact) mass is 282 g/mol. The highest BCUT2D eigenvalue weighted by molar-refractivity contribution is 6.71. The molecule has 102 valence electrons. The highest BCUT2D eigenvalue weighted by Gasteiger charge is 2.38. The van der Waals surface area contributed by atoms with Crippen molar-refractivity contribution in [3.63, 3.8) is 0 Å². The Kier molecular flexibility index (Phi) is 5.73. The van der Waals surface area contributed by atoms with Crippen LogP contribution in [0.15, 0.2) is 0 Å². The Morgan fingerprint density at radius 3 is 2.35 bits per heavy atom. The summed E-state index contributed by atoms with van der Waals surface area (Å²) in [6, 6.07) is 0.867. The first-order valence-corrected chi connectivity index (χ1v) is 10.5. The first kappa shape index (κ1) is 15.3. The summed E-state index contributed by atoms with van der Waals surface area (Å²) in [7, 11) is -2.54. The Hall–Kier alpha value is 0.194. The molecular formula is C9H22O6Si2. The second kappa shape index (κ2) is 6.39. The van der Waals surface area contributed by atoms with E-state index in [9.17, 15) is 9.59 Å². The van der Waals surface area contributed by atoms with Crippen LogP contribution in [0.5, 0.6) is 0 Å². The third-order valence-electron chi connectivity index (χ3n) is 2.83. The quantitative estimate of drug-likeness (QED) is 0.448. The van der Waals surface area contributed by atoms with Gasteiger partial charge >= 0.3 is 17.1 Å². The SMILES string of the molecule is CO[Si](C)(O)CC[Si](O)(COCC1CO1)OC. The lowest BCUT2D eigenvalue weighted by atomic mass is 10.5. The molecule has 0 aromatic carbocycles. The first-order chi connectivity index (χ1) is 7.91. The predicted molar refractivity (Wildman–Crippen MR) is 66.0 cm³/mol. The summed E-state index contributed by atoms with van der Waals surface area (Å²) >= 11 is 0. The van der Waals surface area contributed by atoms with Crippen LogP contribution in [0.1, 0.15) is 0 Å². The van der Waals surface area contributed by atoms with E-state index in [1.165, 1.54) is 14.2 Å². The van der Waals surface area contributed by atoms with Gasteiger partial charge < -0.3 is 27.9 Å². The molecule has 0 aromatic heterocycles. The minimum atomic E-state index is -2.87. The van der Waals surface area contributed by atoms with E-state index in [-0.39, 0.29) is 12.3 Å². The maximum atomic E-state index is 10.2. The summed E-state index contributed by atoms with van der Waals surface area (Å²) in [5, 5.41) is 0. The normalized spacial score (nSPS) is 26.3. The van der Waals surface area contributed by atoms with E-state index >= 15 is 0 Å². The van der Waals surface area contributed by atoms with Crippen LogP contribution >= 0.6 is 0 Å². The summed E-state index contributed by atoms with van der Waals surface area (Å²) in [4.78, 5) is 20.0. The van der Waals surface area contributed by atoms with Crippen LogP contribution in [-0.4, -0.2) is 66.5 Å². The minimum Gasteiger partial charge on any atom is -0.411 e. The summed E-state index contributed by atoms with van der Waals surface area (Å²) in [6.07, 6.45) is 0.388. The summed E-state index contributed by atoms with van der Waals surface area (Å²) in [5.74, 6) is 0. The van der Waals surface area contributed by atoms with E-state index in [0.29, 0.717) is 18.7 Å². The van der Waals surface area contributed by atoms with E-state index in [2.05, 4.69) is 0 Å². The van der Waals surface area contributed by atoms with E-state index in [1.54, 1.807) is 6.55 Å². The number of ether oxygens (including phenoxy) is 2. The zero-order chi connectivity index (χ0) is 12.9. The van der Waals surface area contributed by atoms with E-state index in [0.717, 1.165) is 6.61 Å². The molecule has 17 heavy (non-hydrogen) atoms. The third-order valence-corrected chi connectivity index (χ3v) is 7.84. The molecule has 0 spiro atoms. The van der Waals surface area contributed by atoms with Gasteiger partial charge in [-0.3, -0.25) is 0 Å². The average Bonchev–Trinajstić information content (AvgIpc) is 3.11. The first-order valence-electron chi connectivity index (χ1n) is 5.65. The van der Waals surface area contributed by atoms with Gasteiger partial charge in [-0.1, -0.05) is 0 Å². The van der Waals surface area contributed by atoms with Crippen molar-refractivity contribution in [2.75, 3.05) is 33.7 Å². The van der Waals surface area contributed by atoms with Crippen molar-refractivity contribution < 1.29 is 27.9 Å². The smallest absolute Gasteiger partial charge is 0.361 e. The molecule has 3 unspecified atom stereocenters. The van der Waals surface area contributed by atoms with Crippen molar-refractivity contribution in [3.8, 4) is 0 Å². The van der Waals surface area contributed by atoms with Gasteiger partial charge in [0.1, 0.15) is 6.10 Å². The van der Waals surface area contributed by atoms with Crippen LogP contribution in [0.3, 0.4) is 0 Å². The third kappa shape index (κ3) is 6.06. The van der Waals surface area contributed by atoms with Crippen LogP contribution in [0.25, 0.3) is 0 Å². The predicted octanol–water partition coefficient (Wildman–Crippen LogP) is -0.267. The molecule has 2 N–H and O–H groups in total. The molecule has 0 aliphatic carbocycles. The van der Waals surface area contributed by atoms with Crippen molar-refractivity contribution in [2.24, 2.45) is 0 Å². The summed E-state index contributed by atoms with van der Waals surface area (Å²) in [5.41, 5.74) is 0. The molecule has 0 radical (unpaired) electrons. The van der Waals surface area contributed by atoms with E-state index in [4.69, 9.17) is 18.3 Å². The van der Waals surface area contributed by atoms with Gasteiger partial charge in [0.25, 0.3) is 0 Å². The second-order valence-corrected chi connectivity index (χ2v) is 10.8. The molecule has 1 heterocycles. The number of rotatable bonds is 9. The minimum absolute atomic E-state index is 0.182. The van der Waals surface area contributed by atoms with Gasteiger partial charge in [-0.2, -0.15) is 0 Å². The Labute approximate surface area is 104 Å². The lowest BCUT2D eigenvalue weighted by molar-refractivity contribution is 0.119. The largest absolute Gasteiger partial charge is 0.411 e. The topological polar surface area (TPSA) is 80.7 Å². The van der Waals surface area contributed by atoms with Gasteiger partial charge in [-0.15, -0.1) is 0 Å². The highest BCUT2D eigenvalue weighted by Crippen LogP contribution is 2.18. The lowest BCUT2D eigenvalue weighted by Gasteiger charge is -2.25. The molecule has 1 fully saturated rings. The lowest BCUT2D eigenvalue weighted by Crippen LogP contribution is -2.46. The fourth-order valence-electron chi connectivity index (χ4n) is 1.28. The van der Waals surface area contributed by atoms with Crippen LogP contribution in [0, 0.1) is 0 Å². The highest BCUT2D eigenvalue weighted by atomic mass is 28.4. The van der Waals surface area contributed by atoms with Crippen molar-refractivity contribution in [3.05, 3.63) is 0 Å². The average molecular weight is 282 g/mol. The molecule has 0 saturated carbocycles. The van der Waals surface area contributed by atoms with Crippen LogP contribution in [0.4, 0.5) is 0 Å². The molecule has 1 aliphatic heterocycles. The molecule has 8 heteroatoms. The molecule has 1 rings (SSSR count). The summed E-state index contributed by atoms with van der Waals surface area (Å²) in [6.45, 7) is 2.92. The maximum Gasteiger partial charge on any atom is 0.361 e. The van der Waals surface area contributed by atoms with Crippen LogP contribution in [0.2, 0.25) is 18.6 Å². The van der Waals surface area contributed by atoms with Crippen molar-refractivity contribution in [1.82, 2.24) is 0 Å². The Bertz CT molecular complexity index is 236. The molecular weight excluding hydrogens is 260 g/mol. The molecule has 0 bridgehead atoms. The Balaban J connectivity index is 2.27. The van der Waals surface area contributed by atoms with Gasteiger partial charge in [0.2, 0.25) is 0 Å². The number of hydrogen-bond donors (Lipinski definition) is 2.